The number of esters is 1. The highest BCUT2D eigenvalue weighted by Gasteiger charge is 2.00. The van der Waals surface area contributed by atoms with Crippen molar-refractivity contribution in [1.82, 2.24) is 9.97 Å². The predicted molar refractivity (Wildman–Crippen MR) is 56.4 cm³/mol. The third-order valence-corrected chi connectivity index (χ3v) is 1.75. The third-order valence-electron chi connectivity index (χ3n) is 1.75. The van der Waals surface area contributed by atoms with Crippen molar-refractivity contribution in [2.45, 2.75) is 19.8 Å². The van der Waals surface area contributed by atoms with Crippen LogP contribution in [0.25, 0.3) is 0 Å². The van der Waals surface area contributed by atoms with Gasteiger partial charge in [-0.1, -0.05) is 0 Å². The van der Waals surface area contributed by atoms with Crippen LogP contribution in [0.3, 0.4) is 0 Å². The first-order valence-electron chi connectivity index (χ1n) is 4.98. The van der Waals surface area contributed by atoms with Gasteiger partial charge in [-0.3, -0.25) is 4.79 Å². The van der Waals surface area contributed by atoms with Gasteiger partial charge >= 0.3 is 5.97 Å². The van der Waals surface area contributed by atoms with Crippen LogP contribution in [-0.2, 0) is 9.53 Å². The molecule has 0 bridgehead atoms. The fourth-order valence-corrected chi connectivity index (χ4v) is 1.08. The molecule has 0 saturated heterocycles. The van der Waals surface area contributed by atoms with Gasteiger partial charge in [-0.25, -0.2) is 9.97 Å². The molecule has 0 aliphatic carbocycles. The summed E-state index contributed by atoms with van der Waals surface area (Å²) in [4.78, 5) is 18.8. The molecule has 0 aliphatic heterocycles. The summed E-state index contributed by atoms with van der Waals surface area (Å²) < 4.78 is 4.80. The second-order valence-corrected chi connectivity index (χ2v) is 2.93. The molecule has 1 heterocycles. The van der Waals surface area contributed by atoms with Gasteiger partial charge in [-0.2, -0.15) is 0 Å². The lowest BCUT2D eigenvalue weighted by Gasteiger charge is -2.04. The Kier molecular flexibility index (Phi) is 5.14. The highest BCUT2D eigenvalue weighted by molar-refractivity contribution is 5.69. The van der Waals surface area contributed by atoms with E-state index in [1.165, 1.54) is 6.33 Å². The van der Waals surface area contributed by atoms with Crippen molar-refractivity contribution >= 4 is 11.8 Å². The van der Waals surface area contributed by atoms with Gasteiger partial charge in [0.2, 0.25) is 0 Å². The van der Waals surface area contributed by atoms with Crippen molar-refractivity contribution in [2.75, 3.05) is 18.5 Å². The summed E-state index contributed by atoms with van der Waals surface area (Å²) in [5, 5.41) is 3.08. The number of hydrogen-bond acceptors (Lipinski definition) is 5. The smallest absolute Gasteiger partial charge is 0.305 e. The van der Waals surface area contributed by atoms with E-state index >= 15 is 0 Å². The minimum Gasteiger partial charge on any atom is -0.466 e. The summed E-state index contributed by atoms with van der Waals surface area (Å²) in [7, 11) is 0. The molecule has 0 aliphatic rings. The summed E-state index contributed by atoms with van der Waals surface area (Å²) in [5.74, 6) is 0.621. The van der Waals surface area contributed by atoms with Crippen LogP contribution in [0.1, 0.15) is 19.8 Å². The van der Waals surface area contributed by atoms with Crippen LogP contribution < -0.4 is 5.32 Å². The van der Waals surface area contributed by atoms with E-state index in [1.54, 1.807) is 19.2 Å². The van der Waals surface area contributed by atoms with E-state index in [1.807, 2.05) is 0 Å². The Hall–Kier alpha value is -1.65. The van der Waals surface area contributed by atoms with E-state index < -0.39 is 0 Å². The molecule has 0 radical (unpaired) electrons. The summed E-state index contributed by atoms with van der Waals surface area (Å²) in [5.41, 5.74) is 0. The zero-order chi connectivity index (χ0) is 10.9. The Bertz CT molecular complexity index is 290. The number of anilines is 1. The number of ether oxygens (including phenoxy) is 1. The van der Waals surface area contributed by atoms with Gasteiger partial charge in [0.1, 0.15) is 12.1 Å². The lowest BCUT2D eigenvalue weighted by Crippen LogP contribution is -2.08. The van der Waals surface area contributed by atoms with Crippen LogP contribution >= 0.6 is 0 Å². The highest BCUT2D eigenvalue weighted by Crippen LogP contribution is 1.99. The average Bonchev–Trinajstić information content (AvgIpc) is 2.26. The van der Waals surface area contributed by atoms with Gasteiger partial charge in [-0.15, -0.1) is 0 Å². The van der Waals surface area contributed by atoms with Gasteiger partial charge in [-0.05, 0) is 19.4 Å². The third kappa shape index (κ3) is 4.95. The lowest BCUT2D eigenvalue weighted by molar-refractivity contribution is -0.143. The Balaban J connectivity index is 2.10. The van der Waals surface area contributed by atoms with Gasteiger partial charge < -0.3 is 10.1 Å². The number of nitrogens with one attached hydrogen (secondary N) is 1. The molecule has 0 aromatic carbocycles. The molecule has 0 spiro atoms. The van der Waals surface area contributed by atoms with Crippen molar-refractivity contribution in [2.24, 2.45) is 0 Å². The first-order valence-corrected chi connectivity index (χ1v) is 4.98. The van der Waals surface area contributed by atoms with E-state index in [0.717, 1.165) is 12.2 Å². The standard InChI is InChI=1S/C10H15N3O2/c1-2-15-10(14)4-3-6-12-9-5-7-11-8-13-9/h5,7-8H,2-4,6H2,1H3,(H,11,12,13). The van der Waals surface area contributed by atoms with Crippen molar-refractivity contribution in [3.8, 4) is 0 Å². The largest absolute Gasteiger partial charge is 0.466 e. The molecule has 1 N–H and O–H groups in total. The van der Waals surface area contributed by atoms with Crippen LogP contribution in [-0.4, -0.2) is 29.1 Å². The van der Waals surface area contributed by atoms with Crippen molar-refractivity contribution < 1.29 is 9.53 Å². The molecule has 0 fully saturated rings. The first kappa shape index (κ1) is 11.4. The topological polar surface area (TPSA) is 64.1 Å². The molecule has 1 aromatic heterocycles. The second-order valence-electron chi connectivity index (χ2n) is 2.93. The summed E-state index contributed by atoms with van der Waals surface area (Å²) in [6.07, 6.45) is 4.32. The Labute approximate surface area is 88.9 Å². The van der Waals surface area contributed by atoms with Crippen LogP contribution in [0.15, 0.2) is 18.6 Å². The molecule has 1 rings (SSSR count). The SMILES string of the molecule is CCOC(=O)CCCNc1ccncn1. The quantitative estimate of drug-likeness (QED) is 0.564. The average molecular weight is 209 g/mol. The summed E-state index contributed by atoms with van der Waals surface area (Å²) in [6, 6.07) is 1.78. The summed E-state index contributed by atoms with van der Waals surface area (Å²) >= 11 is 0. The maximum atomic E-state index is 11.0. The molecule has 82 valence electrons. The zero-order valence-corrected chi connectivity index (χ0v) is 8.77. The molecule has 1 aromatic rings. The Morgan fingerprint density at radius 2 is 2.47 bits per heavy atom. The van der Waals surface area contributed by atoms with Crippen molar-refractivity contribution in [1.29, 1.82) is 0 Å². The minimum atomic E-state index is -0.151. The first-order chi connectivity index (χ1) is 7.33. The van der Waals surface area contributed by atoms with Gasteiger partial charge in [0, 0.05) is 19.2 Å². The van der Waals surface area contributed by atoms with E-state index in [9.17, 15) is 4.79 Å². The fourth-order valence-electron chi connectivity index (χ4n) is 1.08. The number of rotatable bonds is 6. The molecule has 0 unspecified atom stereocenters. The monoisotopic (exact) mass is 209 g/mol. The molecule has 0 saturated carbocycles. The lowest BCUT2D eigenvalue weighted by atomic mass is 10.3. The van der Waals surface area contributed by atoms with Gasteiger partial charge in [0.15, 0.2) is 0 Å². The molecule has 0 atom stereocenters. The second kappa shape index (κ2) is 6.75. The van der Waals surface area contributed by atoms with Crippen molar-refractivity contribution in [3.05, 3.63) is 18.6 Å². The molecular weight excluding hydrogens is 194 g/mol. The zero-order valence-electron chi connectivity index (χ0n) is 8.77. The molecule has 5 nitrogen and oxygen atoms in total. The molecule has 15 heavy (non-hydrogen) atoms. The van der Waals surface area contributed by atoms with Crippen LogP contribution in [0.5, 0.6) is 0 Å². The molecular formula is C10H15N3O2. The highest BCUT2D eigenvalue weighted by atomic mass is 16.5. The van der Waals surface area contributed by atoms with Crippen LogP contribution in [0.4, 0.5) is 5.82 Å². The molecule has 0 amide bonds. The van der Waals surface area contributed by atoms with Crippen LogP contribution in [0.2, 0.25) is 0 Å². The minimum absolute atomic E-state index is 0.151. The number of carbonyl (C=O) groups is 1. The Morgan fingerprint density at radius 3 is 3.13 bits per heavy atom. The Morgan fingerprint density at radius 1 is 1.60 bits per heavy atom. The van der Waals surface area contributed by atoms with Gasteiger partial charge in [0.05, 0.1) is 6.61 Å². The normalized spacial score (nSPS) is 9.67. The maximum Gasteiger partial charge on any atom is 0.305 e. The number of nitrogens with zero attached hydrogens (tertiary/aromatic N) is 2. The van der Waals surface area contributed by atoms with Crippen LogP contribution in [0, 0.1) is 0 Å². The van der Waals surface area contributed by atoms with E-state index in [4.69, 9.17) is 4.74 Å². The summed E-state index contributed by atoms with van der Waals surface area (Å²) in [6.45, 7) is 2.95. The van der Waals surface area contributed by atoms with E-state index in [0.29, 0.717) is 19.6 Å². The number of hydrogen-bond donors (Lipinski definition) is 1. The number of aromatic nitrogens is 2. The molecule has 5 heteroatoms. The fraction of sp³-hybridized carbons (Fsp3) is 0.500. The van der Waals surface area contributed by atoms with Gasteiger partial charge in [0.25, 0.3) is 0 Å². The van der Waals surface area contributed by atoms with Crippen molar-refractivity contribution in [3.63, 3.8) is 0 Å². The van der Waals surface area contributed by atoms with E-state index in [-0.39, 0.29) is 5.97 Å². The maximum absolute atomic E-state index is 11.0. The van der Waals surface area contributed by atoms with E-state index in [2.05, 4.69) is 15.3 Å². The number of carbonyl (C=O) groups excluding carboxylic acids is 1. The predicted octanol–water partition coefficient (Wildman–Crippen LogP) is 1.23.